The van der Waals surface area contributed by atoms with Crippen molar-refractivity contribution < 1.29 is 18.7 Å². The van der Waals surface area contributed by atoms with Crippen LogP contribution in [0.5, 0.6) is 0 Å². The van der Waals surface area contributed by atoms with Crippen molar-refractivity contribution in [1.29, 1.82) is 0 Å². The minimum absolute atomic E-state index is 0.0230. The van der Waals surface area contributed by atoms with Crippen LogP contribution in [0.25, 0.3) is 16.9 Å². The molecule has 1 saturated heterocycles. The summed E-state index contributed by atoms with van der Waals surface area (Å²) in [6.45, 7) is 4.00. The number of benzene rings is 1. The number of fused-ring (bicyclic) bond motifs is 2. The monoisotopic (exact) mass is 558 g/mol. The number of thiophene rings is 1. The third-order valence-corrected chi connectivity index (χ3v) is 9.69. The maximum atomic E-state index is 15.5. The summed E-state index contributed by atoms with van der Waals surface area (Å²) >= 11 is 1.76. The molecule has 0 unspecified atom stereocenters. The highest BCUT2D eigenvalue weighted by Crippen LogP contribution is 2.43. The number of nitrogens with zero attached hydrogens (tertiary/aromatic N) is 4. The Morgan fingerprint density at radius 1 is 1.07 bits per heavy atom. The SMILES string of the molecule is COC(=O)[C@H]1CCN(c2ccc(-c3cn4cc(C(=O)N5CCc6sccc6[C@H]5C)cc(C5CC5)c4n3)c(F)c2)C1. The van der Waals surface area contributed by atoms with Crippen molar-refractivity contribution in [2.75, 3.05) is 31.6 Å². The third kappa shape index (κ3) is 4.27. The van der Waals surface area contributed by atoms with Crippen LogP contribution in [0.3, 0.4) is 0 Å². The van der Waals surface area contributed by atoms with Gasteiger partial charge in [-0.1, -0.05) is 0 Å². The number of amides is 1. The van der Waals surface area contributed by atoms with Gasteiger partial charge in [-0.2, -0.15) is 0 Å². The summed E-state index contributed by atoms with van der Waals surface area (Å²) in [5.74, 6) is -0.378. The summed E-state index contributed by atoms with van der Waals surface area (Å²) in [5.41, 5.74) is 5.43. The quantitative estimate of drug-likeness (QED) is 0.288. The van der Waals surface area contributed by atoms with Crippen LogP contribution in [0.1, 0.15) is 64.5 Å². The molecule has 7 rings (SSSR count). The van der Waals surface area contributed by atoms with Gasteiger partial charge in [0.05, 0.1) is 30.3 Å². The first-order valence-electron chi connectivity index (χ1n) is 13.9. The van der Waals surface area contributed by atoms with E-state index in [4.69, 9.17) is 9.72 Å². The number of esters is 1. The van der Waals surface area contributed by atoms with Crippen LogP contribution in [-0.4, -0.2) is 52.9 Å². The fraction of sp³-hybridized carbons (Fsp3) is 0.387. The van der Waals surface area contributed by atoms with Gasteiger partial charge in [0.15, 0.2) is 0 Å². The molecule has 40 heavy (non-hydrogen) atoms. The molecule has 2 aliphatic heterocycles. The van der Waals surface area contributed by atoms with Crippen molar-refractivity contribution in [2.45, 2.75) is 44.6 Å². The van der Waals surface area contributed by atoms with Gasteiger partial charge in [-0.05, 0) is 85.4 Å². The minimum atomic E-state index is -0.361. The molecule has 2 fully saturated rings. The van der Waals surface area contributed by atoms with Crippen LogP contribution in [0, 0.1) is 11.7 Å². The molecular weight excluding hydrogens is 527 g/mol. The molecule has 2 atom stereocenters. The summed E-state index contributed by atoms with van der Waals surface area (Å²) in [4.78, 5) is 35.9. The molecule has 7 nitrogen and oxygen atoms in total. The maximum Gasteiger partial charge on any atom is 0.310 e. The van der Waals surface area contributed by atoms with Gasteiger partial charge < -0.3 is 18.9 Å². The molecule has 3 aliphatic rings. The van der Waals surface area contributed by atoms with Crippen molar-refractivity contribution >= 4 is 34.5 Å². The highest BCUT2D eigenvalue weighted by atomic mass is 32.1. The van der Waals surface area contributed by atoms with Gasteiger partial charge in [0.25, 0.3) is 5.91 Å². The molecule has 0 radical (unpaired) electrons. The average Bonchev–Trinajstić information content (AvgIpc) is 3.32. The number of carbonyl (C=O) groups excluding carboxylic acids is 2. The number of ether oxygens (including phenoxy) is 1. The molecule has 4 aromatic rings. The lowest BCUT2D eigenvalue weighted by atomic mass is 10.00. The van der Waals surface area contributed by atoms with Crippen molar-refractivity contribution in [1.82, 2.24) is 14.3 Å². The van der Waals surface area contributed by atoms with Crippen molar-refractivity contribution in [2.24, 2.45) is 5.92 Å². The van der Waals surface area contributed by atoms with Crippen molar-refractivity contribution in [3.05, 3.63) is 75.5 Å². The second-order valence-electron chi connectivity index (χ2n) is 11.2. The molecule has 0 N–H and O–H groups in total. The molecule has 5 heterocycles. The summed E-state index contributed by atoms with van der Waals surface area (Å²) < 4.78 is 22.2. The Kier molecular flexibility index (Phi) is 6.14. The largest absolute Gasteiger partial charge is 0.469 e. The molecule has 0 bridgehead atoms. The number of anilines is 1. The number of methoxy groups -OCH3 is 1. The zero-order valence-corrected chi connectivity index (χ0v) is 23.4. The lowest BCUT2D eigenvalue weighted by Gasteiger charge is -2.33. The van der Waals surface area contributed by atoms with Crippen LogP contribution >= 0.6 is 11.3 Å². The number of carbonyl (C=O) groups is 2. The molecular formula is C31H31FN4O3S. The normalized spacial score (nSPS) is 20.7. The van der Waals surface area contributed by atoms with Crippen LogP contribution in [0.4, 0.5) is 10.1 Å². The Hall–Kier alpha value is -3.72. The van der Waals surface area contributed by atoms with Crippen LogP contribution in [0.15, 0.2) is 48.1 Å². The Balaban J connectivity index is 1.19. The summed E-state index contributed by atoms with van der Waals surface area (Å²) in [5, 5.41) is 2.11. The van der Waals surface area contributed by atoms with E-state index in [1.807, 2.05) is 38.7 Å². The predicted octanol–water partition coefficient (Wildman–Crippen LogP) is 5.84. The predicted molar refractivity (Wildman–Crippen MR) is 152 cm³/mol. The fourth-order valence-corrected chi connectivity index (χ4v) is 7.24. The van der Waals surface area contributed by atoms with Crippen molar-refractivity contribution in [3.63, 3.8) is 0 Å². The minimum Gasteiger partial charge on any atom is -0.469 e. The van der Waals surface area contributed by atoms with Crippen molar-refractivity contribution in [3.8, 4) is 11.3 Å². The van der Waals surface area contributed by atoms with Gasteiger partial charge in [-0.25, -0.2) is 9.37 Å². The lowest BCUT2D eigenvalue weighted by molar-refractivity contribution is -0.144. The van der Waals surface area contributed by atoms with Crippen LogP contribution < -0.4 is 4.90 Å². The Labute approximate surface area is 236 Å². The first-order valence-corrected chi connectivity index (χ1v) is 14.8. The number of hydrogen-bond acceptors (Lipinski definition) is 6. The molecule has 1 amide bonds. The molecule has 0 spiro atoms. The Bertz CT molecular complexity index is 1640. The molecule has 1 saturated carbocycles. The van der Waals surface area contributed by atoms with Gasteiger partial charge in [0, 0.05) is 48.2 Å². The number of hydrogen-bond donors (Lipinski definition) is 0. The van der Waals surface area contributed by atoms with Gasteiger partial charge in [-0.3, -0.25) is 9.59 Å². The standard InChI is InChI=1S/C31H31FN4O3S/c1-18-23-9-12-40-28(23)8-11-36(18)30(37)21-13-25(19-3-4-19)29-33-27(17-35(29)16-21)24-6-5-22(14-26(24)32)34-10-7-20(15-34)31(38)39-2/h5-6,9,12-14,16-20H,3-4,7-8,10-11,15H2,1-2H3/t18-,20+/m1/s1. The highest BCUT2D eigenvalue weighted by Gasteiger charge is 2.33. The highest BCUT2D eigenvalue weighted by molar-refractivity contribution is 7.10. The van der Waals surface area contributed by atoms with Gasteiger partial charge >= 0.3 is 5.97 Å². The second kappa shape index (κ2) is 9.73. The number of rotatable bonds is 5. The number of imidazole rings is 1. The maximum absolute atomic E-state index is 15.5. The summed E-state index contributed by atoms with van der Waals surface area (Å²) in [6, 6.07) is 9.33. The molecule has 1 aliphatic carbocycles. The van der Waals surface area contributed by atoms with Crippen LogP contribution in [-0.2, 0) is 16.0 Å². The number of halogens is 1. The van der Waals surface area contributed by atoms with Crippen LogP contribution in [0.2, 0.25) is 0 Å². The average molecular weight is 559 g/mol. The lowest BCUT2D eigenvalue weighted by Crippen LogP contribution is -2.38. The first-order chi connectivity index (χ1) is 19.4. The second-order valence-corrected chi connectivity index (χ2v) is 12.2. The molecule has 3 aromatic heterocycles. The van der Waals surface area contributed by atoms with E-state index >= 15 is 4.39 Å². The number of aromatic nitrogens is 2. The van der Waals surface area contributed by atoms with Gasteiger partial charge in [0.1, 0.15) is 11.5 Å². The zero-order chi connectivity index (χ0) is 27.5. The first kappa shape index (κ1) is 25.3. The van der Waals surface area contributed by atoms with Gasteiger partial charge in [0.2, 0.25) is 0 Å². The topological polar surface area (TPSA) is 67.2 Å². The van der Waals surface area contributed by atoms with E-state index < -0.39 is 0 Å². The third-order valence-electron chi connectivity index (χ3n) is 8.70. The Morgan fingerprint density at radius 2 is 1.93 bits per heavy atom. The van der Waals surface area contributed by atoms with Gasteiger partial charge in [-0.15, -0.1) is 11.3 Å². The zero-order valence-electron chi connectivity index (χ0n) is 22.6. The Morgan fingerprint density at radius 3 is 2.70 bits per heavy atom. The van der Waals surface area contributed by atoms with E-state index in [-0.39, 0.29) is 29.7 Å². The molecule has 9 heteroatoms. The van der Waals surface area contributed by atoms with E-state index in [1.54, 1.807) is 17.4 Å². The van der Waals surface area contributed by atoms with E-state index in [9.17, 15) is 9.59 Å². The molecule has 206 valence electrons. The fourth-order valence-electron chi connectivity index (χ4n) is 6.28. The summed E-state index contributed by atoms with van der Waals surface area (Å²) in [6.07, 6.45) is 7.39. The number of pyridine rings is 1. The smallest absolute Gasteiger partial charge is 0.310 e. The summed E-state index contributed by atoms with van der Waals surface area (Å²) in [7, 11) is 1.40. The van der Waals surface area contributed by atoms with E-state index in [0.717, 1.165) is 36.2 Å². The van der Waals surface area contributed by atoms with E-state index in [0.29, 0.717) is 48.8 Å². The van der Waals surface area contributed by atoms with E-state index in [1.165, 1.54) is 23.6 Å². The molecule has 1 aromatic carbocycles. The van der Waals surface area contributed by atoms with E-state index in [2.05, 4.69) is 18.4 Å².